The van der Waals surface area contributed by atoms with Gasteiger partial charge in [-0.1, -0.05) is 6.92 Å². The summed E-state index contributed by atoms with van der Waals surface area (Å²) in [6.45, 7) is 3.52. The van der Waals surface area contributed by atoms with Gasteiger partial charge in [0.05, 0.1) is 6.20 Å². The van der Waals surface area contributed by atoms with Gasteiger partial charge in [0, 0.05) is 18.9 Å². The van der Waals surface area contributed by atoms with Gasteiger partial charge in [-0.15, -0.1) is 0 Å². The van der Waals surface area contributed by atoms with E-state index in [0.717, 1.165) is 6.20 Å². The fraction of sp³-hybridized carbons (Fsp3) is 0.455. The average molecular weight is 211 g/mol. The normalized spacial score (nSPS) is 14.7. The predicted molar refractivity (Wildman–Crippen MR) is 54.2 cm³/mol. The van der Waals surface area contributed by atoms with E-state index in [1.807, 2.05) is 6.92 Å². The van der Waals surface area contributed by atoms with Crippen molar-refractivity contribution in [3.63, 3.8) is 0 Å². The number of aromatic nitrogens is 1. The number of halogens is 1. The minimum Gasteiger partial charge on any atom is -0.370 e. The van der Waals surface area contributed by atoms with E-state index in [0.29, 0.717) is 6.42 Å². The molecule has 0 aliphatic heterocycles. The molecule has 1 heterocycles. The van der Waals surface area contributed by atoms with Gasteiger partial charge in [0.25, 0.3) is 0 Å². The highest BCUT2D eigenvalue weighted by molar-refractivity contribution is 6.01. The molecule has 0 aromatic carbocycles. The molecule has 1 aromatic rings. The van der Waals surface area contributed by atoms with Gasteiger partial charge >= 0.3 is 0 Å². The minimum absolute atomic E-state index is 0.237. The Bertz CT molecular complexity index is 361. The first-order valence-electron chi connectivity index (χ1n) is 4.74. The van der Waals surface area contributed by atoms with Crippen molar-refractivity contribution in [3.05, 3.63) is 29.8 Å². The van der Waals surface area contributed by atoms with Crippen molar-refractivity contribution >= 4 is 5.78 Å². The predicted octanol–water partition coefficient (Wildman–Crippen LogP) is 2.22. The van der Waals surface area contributed by atoms with Gasteiger partial charge in [0.15, 0.2) is 5.78 Å². The van der Waals surface area contributed by atoms with E-state index in [1.54, 1.807) is 6.92 Å². The van der Waals surface area contributed by atoms with Gasteiger partial charge in [0.1, 0.15) is 11.4 Å². The molecule has 0 saturated carbocycles. The molecular weight excluding hydrogens is 197 g/mol. The van der Waals surface area contributed by atoms with Crippen molar-refractivity contribution in [1.29, 1.82) is 0 Å². The maximum absolute atomic E-state index is 12.9. The van der Waals surface area contributed by atoms with Crippen LogP contribution in [0.5, 0.6) is 0 Å². The highest BCUT2D eigenvalue weighted by Crippen LogP contribution is 2.20. The lowest BCUT2D eigenvalue weighted by Gasteiger charge is -2.24. The second-order valence-corrected chi connectivity index (χ2v) is 3.51. The number of hydrogen-bond acceptors (Lipinski definition) is 3. The fourth-order valence-corrected chi connectivity index (χ4v) is 1.24. The third-order valence-electron chi connectivity index (χ3n) is 2.57. The highest BCUT2D eigenvalue weighted by Gasteiger charge is 2.32. The van der Waals surface area contributed by atoms with Crippen LogP contribution in [0, 0.1) is 5.82 Å². The van der Waals surface area contributed by atoms with Crippen LogP contribution in [-0.2, 0) is 4.74 Å². The third-order valence-corrected chi connectivity index (χ3v) is 2.57. The molecule has 3 nitrogen and oxygen atoms in total. The Hall–Kier alpha value is -1.29. The summed E-state index contributed by atoms with van der Waals surface area (Å²) in [7, 11) is 1.47. The summed E-state index contributed by atoms with van der Waals surface area (Å²) in [5.41, 5.74) is -0.670. The number of rotatable bonds is 4. The summed E-state index contributed by atoms with van der Waals surface area (Å²) in [4.78, 5) is 15.6. The zero-order chi connectivity index (χ0) is 11.5. The second-order valence-electron chi connectivity index (χ2n) is 3.51. The van der Waals surface area contributed by atoms with E-state index >= 15 is 0 Å². The minimum atomic E-state index is -0.907. The van der Waals surface area contributed by atoms with Gasteiger partial charge in [-0.25, -0.2) is 4.39 Å². The van der Waals surface area contributed by atoms with Crippen LogP contribution in [0.15, 0.2) is 18.5 Å². The molecule has 0 saturated heterocycles. The lowest BCUT2D eigenvalue weighted by molar-refractivity contribution is 0.0105. The molecule has 4 heteroatoms. The maximum atomic E-state index is 12.9. The number of ether oxygens (including phenoxy) is 1. The van der Waals surface area contributed by atoms with Crippen molar-refractivity contribution in [1.82, 2.24) is 4.98 Å². The number of Topliss-reactive ketones (excluding diaryl/α,β-unsaturated/α-hetero) is 1. The molecule has 1 rings (SSSR count). The molecule has 0 aliphatic rings. The topological polar surface area (TPSA) is 39.2 Å². The number of pyridine rings is 1. The van der Waals surface area contributed by atoms with Crippen LogP contribution in [0.2, 0.25) is 0 Å². The van der Waals surface area contributed by atoms with E-state index in [2.05, 4.69) is 4.98 Å². The SMILES string of the molecule is CCC(C)(OC)C(=O)c1cncc(F)c1. The van der Waals surface area contributed by atoms with E-state index < -0.39 is 11.4 Å². The number of hydrogen-bond donors (Lipinski definition) is 0. The molecule has 1 aromatic heterocycles. The molecule has 1 atom stereocenters. The van der Waals surface area contributed by atoms with Crippen LogP contribution < -0.4 is 0 Å². The zero-order valence-corrected chi connectivity index (χ0v) is 9.08. The molecular formula is C11H14FNO2. The Morgan fingerprint density at radius 1 is 1.60 bits per heavy atom. The Morgan fingerprint density at radius 3 is 2.73 bits per heavy atom. The average Bonchev–Trinajstić information content (AvgIpc) is 2.27. The number of carbonyl (C=O) groups is 1. The first-order chi connectivity index (χ1) is 7.03. The Morgan fingerprint density at radius 2 is 2.27 bits per heavy atom. The molecule has 0 bridgehead atoms. The number of nitrogens with zero attached hydrogens (tertiary/aromatic N) is 1. The van der Waals surface area contributed by atoms with Crippen LogP contribution in [-0.4, -0.2) is 23.5 Å². The summed E-state index contributed by atoms with van der Waals surface area (Å²) in [5, 5.41) is 0. The van der Waals surface area contributed by atoms with Crippen LogP contribution in [0.1, 0.15) is 30.6 Å². The quantitative estimate of drug-likeness (QED) is 0.717. The fourth-order valence-electron chi connectivity index (χ4n) is 1.24. The Kier molecular flexibility index (Phi) is 3.52. The molecule has 0 N–H and O–H groups in total. The van der Waals surface area contributed by atoms with Crippen LogP contribution >= 0.6 is 0 Å². The van der Waals surface area contributed by atoms with Gasteiger partial charge < -0.3 is 4.74 Å². The molecule has 0 spiro atoms. The standard InChI is InChI=1S/C11H14FNO2/c1-4-11(2,15-3)10(14)8-5-9(12)7-13-6-8/h5-7H,4H2,1-3H3. The monoisotopic (exact) mass is 211 g/mol. The van der Waals surface area contributed by atoms with Crippen molar-refractivity contribution in [2.24, 2.45) is 0 Å². The van der Waals surface area contributed by atoms with Gasteiger partial charge in [-0.2, -0.15) is 0 Å². The second kappa shape index (κ2) is 4.49. The molecule has 0 radical (unpaired) electrons. The van der Waals surface area contributed by atoms with Gasteiger partial charge in [-0.3, -0.25) is 9.78 Å². The lowest BCUT2D eigenvalue weighted by Crippen LogP contribution is -2.36. The summed E-state index contributed by atoms with van der Waals surface area (Å²) in [6, 6.07) is 1.17. The number of ketones is 1. The molecule has 0 aliphatic carbocycles. The Balaban J connectivity index is 3.03. The first-order valence-corrected chi connectivity index (χ1v) is 4.74. The lowest BCUT2D eigenvalue weighted by atomic mass is 9.93. The van der Waals surface area contributed by atoms with Crippen molar-refractivity contribution in [2.75, 3.05) is 7.11 Å². The maximum Gasteiger partial charge on any atom is 0.195 e. The van der Waals surface area contributed by atoms with E-state index in [4.69, 9.17) is 4.74 Å². The number of methoxy groups -OCH3 is 1. The van der Waals surface area contributed by atoms with Crippen LogP contribution in [0.4, 0.5) is 4.39 Å². The van der Waals surface area contributed by atoms with Crippen molar-refractivity contribution in [2.45, 2.75) is 25.9 Å². The summed E-state index contributed by atoms with van der Waals surface area (Å²) in [6.07, 6.45) is 2.93. The first kappa shape index (κ1) is 11.8. The van der Waals surface area contributed by atoms with Gasteiger partial charge in [0.2, 0.25) is 0 Å². The highest BCUT2D eigenvalue weighted by atomic mass is 19.1. The molecule has 0 fully saturated rings. The van der Waals surface area contributed by atoms with E-state index in [9.17, 15) is 9.18 Å². The van der Waals surface area contributed by atoms with E-state index in [-0.39, 0.29) is 11.3 Å². The van der Waals surface area contributed by atoms with E-state index in [1.165, 1.54) is 19.4 Å². The summed E-state index contributed by atoms with van der Waals surface area (Å²) < 4.78 is 18.0. The third kappa shape index (κ3) is 2.39. The molecule has 82 valence electrons. The summed E-state index contributed by atoms with van der Waals surface area (Å²) in [5.74, 6) is -0.769. The van der Waals surface area contributed by atoms with Crippen molar-refractivity contribution in [3.8, 4) is 0 Å². The molecule has 15 heavy (non-hydrogen) atoms. The van der Waals surface area contributed by atoms with Crippen LogP contribution in [0.3, 0.4) is 0 Å². The van der Waals surface area contributed by atoms with Crippen molar-refractivity contribution < 1.29 is 13.9 Å². The van der Waals surface area contributed by atoms with Crippen LogP contribution in [0.25, 0.3) is 0 Å². The molecule has 1 unspecified atom stereocenters. The molecule has 0 amide bonds. The largest absolute Gasteiger partial charge is 0.370 e. The summed E-state index contributed by atoms with van der Waals surface area (Å²) >= 11 is 0. The van der Waals surface area contributed by atoms with Gasteiger partial charge in [-0.05, 0) is 19.4 Å². The Labute approximate surface area is 88.3 Å². The zero-order valence-electron chi connectivity index (χ0n) is 9.08. The smallest absolute Gasteiger partial charge is 0.195 e. The number of carbonyl (C=O) groups excluding carboxylic acids is 1.